The number of benzene rings is 1. The number of carbonyl (C=O) groups is 2. The summed E-state index contributed by atoms with van der Waals surface area (Å²) in [6.07, 6.45) is 2.40. The molecule has 0 bridgehead atoms. The van der Waals surface area contributed by atoms with Crippen LogP contribution in [0.15, 0.2) is 24.3 Å². The summed E-state index contributed by atoms with van der Waals surface area (Å²) in [5, 5.41) is 12.4. The van der Waals surface area contributed by atoms with Crippen LogP contribution in [0.4, 0.5) is 4.39 Å². The quantitative estimate of drug-likeness (QED) is 0.841. The number of halogens is 1. The molecule has 0 aliphatic heterocycles. The van der Waals surface area contributed by atoms with Gasteiger partial charge in [-0.05, 0) is 57.4 Å². The van der Waals surface area contributed by atoms with Crippen molar-refractivity contribution in [2.75, 3.05) is 6.54 Å². The van der Waals surface area contributed by atoms with E-state index in [2.05, 4.69) is 10.3 Å². The third kappa shape index (κ3) is 3.78. The molecule has 1 amide bonds. The van der Waals surface area contributed by atoms with Gasteiger partial charge in [-0.1, -0.05) is 0 Å². The molecule has 1 aromatic carbocycles. The van der Waals surface area contributed by atoms with E-state index >= 15 is 0 Å². The minimum Gasteiger partial charge on any atom is -0.481 e. The van der Waals surface area contributed by atoms with Crippen molar-refractivity contribution in [3.8, 4) is 0 Å². The zero-order chi connectivity index (χ0) is 18.2. The van der Waals surface area contributed by atoms with Crippen LogP contribution < -0.4 is 5.32 Å². The standard InChI is InChI=1S/C19H21FN2O3/c1-19(2,18(24)25)7-8-21-17(23)14-10-16(11-3-4-11)22-15-6-5-12(20)9-13(14)15/h5-6,9-11H,3-4,7-8H2,1-2H3,(H,21,23)(H,24,25). The molecule has 1 aliphatic carbocycles. The number of fused-ring (bicyclic) bond motifs is 1. The first-order valence-corrected chi connectivity index (χ1v) is 8.40. The van der Waals surface area contributed by atoms with Crippen molar-refractivity contribution in [2.45, 2.75) is 39.0 Å². The van der Waals surface area contributed by atoms with Crippen molar-refractivity contribution >= 4 is 22.8 Å². The Kier molecular flexibility index (Phi) is 4.45. The molecule has 6 heteroatoms. The van der Waals surface area contributed by atoms with Crippen molar-refractivity contribution < 1.29 is 19.1 Å². The number of rotatable bonds is 6. The summed E-state index contributed by atoms with van der Waals surface area (Å²) in [6.45, 7) is 3.46. The van der Waals surface area contributed by atoms with Crippen LogP contribution in [-0.4, -0.2) is 28.5 Å². The van der Waals surface area contributed by atoms with Gasteiger partial charge < -0.3 is 10.4 Å². The number of hydrogen-bond acceptors (Lipinski definition) is 3. The Morgan fingerprint density at radius 2 is 2.04 bits per heavy atom. The third-order valence-electron chi connectivity index (χ3n) is 4.65. The van der Waals surface area contributed by atoms with E-state index in [4.69, 9.17) is 5.11 Å². The Hall–Kier alpha value is -2.50. The van der Waals surface area contributed by atoms with Crippen molar-refractivity contribution in [3.05, 3.63) is 41.3 Å². The Morgan fingerprint density at radius 1 is 1.32 bits per heavy atom. The van der Waals surface area contributed by atoms with E-state index in [9.17, 15) is 14.0 Å². The maximum absolute atomic E-state index is 13.6. The predicted octanol–water partition coefficient (Wildman–Crippen LogP) is 3.48. The topological polar surface area (TPSA) is 79.3 Å². The molecule has 1 saturated carbocycles. The van der Waals surface area contributed by atoms with Gasteiger partial charge in [-0.15, -0.1) is 0 Å². The highest BCUT2D eigenvalue weighted by molar-refractivity contribution is 6.06. The zero-order valence-electron chi connectivity index (χ0n) is 14.3. The number of aromatic nitrogens is 1. The van der Waals surface area contributed by atoms with E-state index in [-0.39, 0.29) is 12.5 Å². The van der Waals surface area contributed by atoms with Gasteiger partial charge in [-0.2, -0.15) is 0 Å². The number of carboxylic acid groups (broad SMARTS) is 1. The van der Waals surface area contributed by atoms with E-state index < -0.39 is 17.2 Å². The summed E-state index contributed by atoms with van der Waals surface area (Å²) >= 11 is 0. The van der Waals surface area contributed by atoms with E-state index in [1.807, 2.05) is 0 Å². The first-order chi connectivity index (χ1) is 11.8. The largest absolute Gasteiger partial charge is 0.481 e. The Labute approximate surface area is 145 Å². The SMILES string of the molecule is CC(C)(CCNC(=O)c1cc(C2CC2)nc2ccc(F)cc12)C(=O)O. The predicted molar refractivity (Wildman–Crippen MR) is 92.0 cm³/mol. The van der Waals surface area contributed by atoms with Crippen molar-refractivity contribution in [1.29, 1.82) is 0 Å². The second kappa shape index (κ2) is 6.43. The van der Waals surface area contributed by atoms with Gasteiger partial charge in [0.2, 0.25) is 0 Å². The van der Waals surface area contributed by atoms with E-state index in [0.717, 1.165) is 18.5 Å². The molecule has 0 saturated heterocycles. The molecule has 1 fully saturated rings. The number of nitrogens with one attached hydrogen (secondary N) is 1. The van der Waals surface area contributed by atoms with Gasteiger partial charge in [-0.3, -0.25) is 14.6 Å². The monoisotopic (exact) mass is 344 g/mol. The normalized spacial score (nSPS) is 14.5. The molecule has 132 valence electrons. The number of pyridine rings is 1. The molecule has 1 aromatic heterocycles. The van der Waals surface area contributed by atoms with Crippen molar-refractivity contribution in [3.63, 3.8) is 0 Å². The fraction of sp³-hybridized carbons (Fsp3) is 0.421. The fourth-order valence-corrected chi connectivity index (χ4v) is 2.69. The van der Waals surface area contributed by atoms with Crippen LogP contribution >= 0.6 is 0 Å². The first kappa shape index (κ1) is 17.3. The van der Waals surface area contributed by atoms with Crippen LogP contribution in [-0.2, 0) is 4.79 Å². The highest BCUT2D eigenvalue weighted by Crippen LogP contribution is 2.40. The van der Waals surface area contributed by atoms with Gasteiger partial charge in [0.25, 0.3) is 5.91 Å². The van der Waals surface area contributed by atoms with Crippen LogP contribution in [0.2, 0.25) is 0 Å². The summed E-state index contributed by atoms with van der Waals surface area (Å²) in [5.41, 5.74) is 0.926. The summed E-state index contributed by atoms with van der Waals surface area (Å²) in [7, 11) is 0. The van der Waals surface area contributed by atoms with Gasteiger partial charge in [-0.25, -0.2) is 4.39 Å². The lowest BCUT2D eigenvalue weighted by atomic mass is 9.89. The molecule has 2 aromatic rings. The summed E-state index contributed by atoms with van der Waals surface area (Å²) in [6, 6.07) is 5.97. The summed E-state index contributed by atoms with van der Waals surface area (Å²) in [5.74, 6) is -1.29. The van der Waals surface area contributed by atoms with Crippen LogP contribution in [0, 0.1) is 11.2 Å². The number of hydrogen-bond donors (Lipinski definition) is 2. The highest BCUT2D eigenvalue weighted by Gasteiger charge is 2.28. The van der Waals surface area contributed by atoms with Gasteiger partial charge >= 0.3 is 5.97 Å². The maximum Gasteiger partial charge on any atom is 0.309 e. The lowest BCUT2D eigenvalue weighted by Gasteiger charge is -2.19. The molecule has 1 aliphatic rings. The van der Waals surface area contributed by atoms with Crippen LogP contribution in [0.3, 0.4) is 0 Å². The van der Waals surface area contributed by atoms with E-state index in [1.165, 1.54) is 12.1 Å². The first-order valence-electron chi connectivity index (χ1n) is 8.40. The summed E-state index contributed by atoms with van der Waals surface area (Å²) in [4.78, 5) is 28.3. The molecule has 1 heterocycles. The van der Waals surface area contributed by atoms with Crippen molar-refractivity contribution in [1.82, 2.24) is 10.3 Å². The Balaban J connectivity index is 1.84. The van der Waals surface area contributed by atoms with Gasteiger partial charge in [0.05, 0.1) is 16.5 Å². The molecule has 0 atom stereocenters. The number of carboxylic acids is 1. The smallest absolute Gasteiger partial charge is 0.309 e. The average molecular weight is 344 g/mol. The van der Waals surface area contributed by atoms with Gasteiger partial charge in [0.1, 0.15) is 5.82 Å². The highest BCUT2D eigenvalue weighted by atomic mass is 19.1. The number of amides is 1. The molecule has 25 heavy (non-hydrogen) atoms. The number of nitrogens with zero attached hydrogens (tertiary/aromatic N) is 1. The molecule has 2 N–H and O–H groups in total. The molecule has 5 nitrogen and oxygen atoms in total. The van der Waals surface area contributed by atoms with Gasteiger partial charge in [0.15, 0.2) is 0 Å². The third-order valence-corrected chi connectivity index (χ3v) is 4.65. The minimum atomic E-state index is -0.918. The van der Waals surface area contributed by atoms with E-state index in [1.54, 1.807) is 26.0 Å². The fourth-order valence-electron chi connectivity index (χ4n) is 2.69. The summed E-state index contributed by atoms with van der Waals surface area (Å²) < 4.78 is 13.6. The van der Waals surface area contributed by atoms with Gasteiger partial charge in [0, 0.05) is 23.5 Å². The van der Waals surface area contributed by atoms with Crippen molar-refractivity contribution in [2.24, 2.45) is 5.41 Å². The minimum absolute atomic E-state index is 0.232. The molecular weight excluding hydrogens is 323 g/mol. The van der Waals surface area contributed by atoms with Crippen LogP contribution in [0.5, 0.6) is 0 Å². The maximum atomic E-state index is 13.6. The number of aliphatic carboxylic acids is 1. The molecule has 0 spiro atoms. The lowest BCUT2D eigenvalue weighted by Crippen LogP contribution is -2.32. The molecule has 0 radical (unpaired) electrons. The molecular formula is C19H21FN2O3. The van der Waals surface area contributed by atoms with Crippen LogP contribution in [0.25, 0.3) is 10.9 Å². The second-order valence-electron chi connectivity index (χ2n) is 7.23. The molecule has 0 unspecified atom stereocenters. The second-order valence-corrected chi connectivity index (χ2v) is 7.23. The number of carbonyl (C=O) groups excluding carboxylic acids is 1. The Bertz CT molecular complexity index is 844. The van der Waals surface area contributed by atoms with Crippen LogP contribution in [0.1, 0.15) is 55.1 Å². The molecule has 3 rings (SSSR count). The average Bonchev–Trinajstić information content (AvgIpc) is 3.38. The lowest BCUT2D eigenvalue weighted by molar-refractivity contribution is -0.147. The Morgan fingerprint density at radius 3 is 2.68 bits per heavy atom. The van der Waals surface area contributed by atoms with E-state index in [0.29, 0.717) is 28.8 Å². The zero-order valence-corrected chi connectivity index (χ0v) is 14.3.